The molecule has 0 amide bonds. The van der Waals surface area contributed by atoms with Crippen molar-refractivity contribution in [3.05, 3.63) is 11.8 Å². The Morgan fingerprint density at radius 1 is 1.33 bits per heavy atom. The van der Waals surface area contributed by atoms with E-state index in [9.17, 15) is 0 Å². The van der Waals surface area contributed by atoms with Crippen LogP contribution in [0.1, 0.15) is 27.7 Å². The number of hydrogen-bond donors (Lipinski definition) is 0. The molecule has 0 aromatic rings. The molecule has 0 fully saturated rings. The van der Waals surface area contributed by atoms with E-state index in [4.69, 9.17) is 4.74 Å². The van der Waals surface area contributed by atoms with E-state index in [-0.39, 0.29) is 5.41 Å². The van der Waals surface area contributed by atoms with E-state index in [0.29, 0.717) is 0 Å². The monoisotopic (exact) mass is 128 g/mol. The quantitative estimate of drug-likeness (QED) is 0.493. The summed E-state index contributed by atoms with van der Waals surface area (Å²) in [5.41, 5.74) is 0.156. The Morgan fingerprint density at radius 3 is 1.78 bits per heavy atom. The highest BCUT2D eigenvalue weighted by molar-refractivity contribution is 5.00. The fourth-order valence-corrected chi connectivity index (χ4v) is 0.857. The van der Waals surface area contributed by atoms with Crippen molar-refractivity contribution in [2.75, 3.05) is 7.11 Å². The molecule has 0 saturated carbocycles. The number of allylic oxidation sites excluding steroid dienone is 2. The van der Waals surface area contributed by atoms with E-state index in [1.807, 2.05) is 13.0 Å². The second-order valence-corrected chi connectivity index (χ2v) is 3.11. The SMILES string of the molecule is C/C=C(\OC)C(C)(C)C. The van der Waals surface area contributed by atoms with Crippen molar-refractivity contribution in [3.63, 3.8) is 0 Å². The van der Waals surface area contributed by atoms with Crippen LogP contribution in [0.2, 0.25) is 0 Å². The van der Waals surface area contributed by atoms with Crippen LogP contribution in [0.25, 0.3) is 0 Å². The summed E-state index contributed by atoms with van der Waals surface area (Å²) in [6.45, 7) is 8.38. The first-order chi connectivity index (χ1) is 4.02. The van der Waals surface area contributed by atoms with E-state index in [1.54, 1.807) is 7.11 Å². The molecule has 0 unspecified atom stereocenters. The van der Waals surface area contributed by atoms with Crippen molar-refractivity contribution in [3.8, 4) is 0 Å². The van der Waals surface area contributed by atoms with Gasteiger partial charge in [0.2, 0.25) is 0 Å². The molecule has 0 N–H and O–H groups in total. The minimum Gasteiger partial charge on any atom is -0.501 e. The molecule has 0 aliphatic heterocycles. The molecule has 1 heteroatoms. The molecular weight excluding hydrogens is 112 g/mol. The maximum Gasteiger partial charge on any atom is 0.0966 e. The van der Waals surface area contributed by atoms with Gasteiger partial charge in [0.05, 0.1) is 12.9 Å². The highest BCUT2D eigenvalue weighted by Crippen LogP contribution is 2.24. The molecule has 0 atom stereocenters. The van der Waals surface area contributed by atoms with Gasteiger partial charge in [-0.15, -0.1) is 0 Å². The van der Waals surface area contributed by atoms with Crippen molar-refractivity contribution in [1.29, 1.82) is 0 Å². The average Bonchev–Trinajstić information content (AvgIpc) is 1.65. The van der Waals surface area contributed by atoms with Crippen LogP contribution in [0.3, 0.4) is 0 Å². The highest BCUT2D eigenvalue weighted by Gasteiger charge is 2.15. The summed E-state index contributed by atoms with van der Waals surface area (Å²) in [6.07, 6.45) is 2.00. The first-order valence-corrected chi connectivity index (χ1v) is 3.23. The molecule has 0 saturated heterocycles. The van der Waals surface area contributed by atoms with Crippen molar-refractivity contribution < 1.29 is 4.74 Å². The lowest BCUT2D eigenvalue weighted by molar-refractivity contribution is 0.206. The van der Waals surface area contributed by atoms with Crippen LogP contribution in [0.5, 0.6) is 0 Å². The maximum atomic E-state index is 5.12. The largest absolute Gasteiger partial charge is 0.501 e. The van der Waals surface area contributed by atoms with Crippen LogP contribution in [-0.4, -0.2) is 7.11 Å². The Hall–Kier alpha value is -0.460. The molecule has 9 heavy (non-hydrogen) atoms. The van der Waals surface area contributed by atoms with Crippen molar-refractivity contribution >= 4 is 0 Å². The summed E-state index contributed by atoms with van der Waals surface area (Å²) in [5.74, 6) is 1.04. The lowest BCUT2D eigenvalue weighted by Gasteiger charge is -2.20. The van der Waals surface area contributed by atoms with Crippen LogP contribution < -0.4 is 0 Å². The molecule has 1 nitrogen and oxygen atoms in total. The fraction of sp³-hybridized carbons (Fsp3) is 0.750. The van der Waals surface area contributed by atoms with Gasteiger partial charge in [-0.25, -0.2) is 0 Å². The number of hydrogen-bond acceptors (Lipinski definition) is 1. The third-order valence-electron chi connectivity index (χ3n) is 1.22. The highest BCUT2D eigenvalue weighted by atomic mass is 16.5. The molecule has 0 aliphatic rings. The van der Waals surface area contributed by atoms with Crippen molar-refractivity contribution in [1.82, 2.24) is 0 Å². The molecule has 0 heterocycles. The molecular formula is C8H16O. The molecule has 0 aliphatic carbocycles. The van der Waals surface area contributed by atoms with Crippen LogP contribution in [0, 0.1) is 5.41 Å². The Labute approximate surface area is 57.7 Å². The Kier molecular flexibility index (Phi) is 2.75. The van der Waals surface area contributed by atoms with Crippen LogP contribution in [0.15, 0.2) is 11.8 Å². The fourth-order valence-electron chi connectivity index (χ4n) is 0.857. The van der Waals surface area contributed by atoms with Gasteiger partial charge in [0, 0.05) is 5.41 Å². The summed E-state index contributed by atoms with van der Waals surface area (Å²) < 4.78 is 5.12. The van der Waals surface area contributed by atoms with Gasteiger partial charge < -0.3 is 4.74 Å². The van der Waals surface area contributed by atoms with Gasteiger partial charge in [-0.2, -0.15) is 0 Å². The predicted octanol–water partition coefficient (Wildman–Crippen LogP) is 2.58. The second-order valence-electron chi connectivity index (χ2n) is 3.11. The van der Waals surface area contributed by atoms with E-state index in [1.165, 1.54) is 0 Å². The Balaban J connectivity index is 4.14. The van der Waals surface area contributed by atoms with Crippen LogP contribution in [0.4, 0.5) is 0 Å². The molecule has 54 valence electrons. The number of rotatable bonds is 1. The number of ether oxygens (including phenoxy) is 1. The van der Waals surface area contributed by atoms with Gasteiger partial charge in [-0.05, 0) is 13.0 Å². The maximum absolute atomic E-state index is 5.12. The van der Waals surface area contributed by atoms with E-state index in [0.717, 1.165) is 5.76 Å². The topological polar surface area (TPSA) is 9.23 Å². The lowest BCUT2D eigenvalue weighted by Crippen LogP contribution is -2.10. The Morgan fingerprint density at radius 2 is 1.78 bits per heavy atom. The lowest BCUT2D eigenvalue weighted by atomic mass is 9.94. The summed E-state index contributed by atoms with van der Waals surface area (Å²) >= 11 is 0. The van der Waals surface area contributed by atoms with Crippen LogP contribution in [-0.2, 0) is 4.74 Å². The normalized spacial score (nSPS) is 13.7. The summed E-state index contributed by atoms with van der Waals surface area (Å²) in [7, 11) is 1.71. The first-order valence-electron chi connectivity index (χ1n) is 3.23. The Bertz CT molecular complexity index is 106. The van der Waals surface area contributed by atoms with Crippen molar-refractivity contribution in [2.45, 2.75) is 27.7 Å². The van der Waals surface area contributed by atoms with Crippen molar-refractivity contribution in [2.24, 2.45) is 5.41 Å². The molecule has 0 aromatic heterocycles. The summed E-state index contributed by atoms with van der Waals surface area (Å²) in [6, 6.07) is 0. The van der Waals surface area contributed by atoms with E-state index in [2.05, 4.69) is 20.8 Å². The minimum atomic E-state index is 0.156. The van der Waals surface area contributed by atoms with Gasteiger partial charge in [-0.1, -0.05) is 20.8 Å². The molecule has 0 bridgehead atoms. The third kappa shape index (κ3) is 2.54. The predicted molar refractivity (Wildman–Crippen MR) is 40.2 cm³/mol. The zero-order chi connectivity index (χ0) is 7.49. The second kappa shape index (κ2) is 2.90. The van der Waals surface area contributed by atoms with E-state index < -0.39 is 0 Å². The summed E-state index contributed by atoms with van der Waals surface area (Å²) in [5, 5.41) is 0. The smallest absolute Gasteiger partial charge is 0.0966 e. The molecule has 0 radical (unpaired) electrons. The first kappa shape index (κ1) is 8.54. The zero-order valence-corrected chi connectivity index (χ0v) is 6.99. The molecule has 0 aromatic carbocycles. The van der Waals surface area contributed by atoms with Gasteiger partial charge in [0.1, 0.15) is 0 Å². The van der Waals surface area contributed by atoms with Crippen LogP contribution >= 0.6 is 0 Å². The average molecular weight is 128 g/mol. The standard InChI is InChI=1S/C8H16O/c1-6-7(9-5)8(2,3)4/h6H,1-5H3/b7-6-. The van der Waals surface area contributed by atoms with Gasteiger partial charge >= 0.3 is 0 Å². The van der Waals surface area contributed by atoms with Gasteiger partial charge in [-0.3, -0.25) is 0 Å². The summed E-state index contributed by atoms with van der Waals surface area (Å²) in [4.78, 5) is 0. The number of methoxy groups -OCH3 is 1. The molecule has 0 spiro atoms. The molecule has 0 rings (SSSR count). The van der Waals surface area contributed by atoms with Gasteiger partial charge in [0.25, 0.3) is 0 Å². The van der Waals surface area contributed by atoms with Gasteiger partial charge in [0.15, 0.2) is 0 Å². The zero-order valence-electron chi connectivity index (χ0n) is 6.99. The minimum absolute atomic E-state index is 0.156. The van der Waals surface area contributed by atoms with E-state index >= 15 is 0 Å². The third-order valence-corrected chi connectivity index (χ3v) is 1.22.